The maximum atomic E-state index is 13.1. The molecule has 148 valence electrons. The van der Waals surface area contributed by atoms with Gasteiger partial charge in [0.1, 0.15) is 12.4 Å². The molecule has 0 unspecified atom stereocenters. The second-order valence-electron chi connectivity index (χ2n) is 6.94. The fraction of sp³-hybridized carbons (Fsp3) is 0.611. The molecule has 1 heterocycles. The molecule has 26 heavy (non-hydrogen) atoms. The Morgan fingerprint density at radius 3 is 2.38 bits per heavy atom. The first-order valence-corrected chi connectivity index (χ1v) is 8.28. The van der Waals surface area contributed by atoms with Crippen molar-refractivity contribution in [1.29, 1.82) is 0 Å². The number of methoxy groups -OCH3 is 1. The van der Waals surface area contributed by atoms with Crippen molar-refractivity contribution in [3.63, 3.8) is 0 Å². The first-order chi connectivity index (χ1) is 11.6. The molecule has 4 nitrogen and oxygen atoms in total. The first kappa shape index (κ1) is 22.6. The average molecular weight is 396 g/mol. The summed E-state index contributed by atoms with van der Waals surface area (Å²) in [5, 5.41) is 3.24. The van der Waals surface area contributed by atoms with Crippen LogP contribution in [0.25, 0.3) is 0 Å². The van der Waals surface area contributed by atoms with Crippen LogP contribution < -0.4 is 10.1 Å². The van der Waals surface area contributed by atoms with Gasteiger partial charge >= 0.3 is 12.1 Å². The normalized spacial score (nSPS) is 15.9. The first-order valence-electron chi connectivity index (χ1n) is 8.28. The van der Waals surface area contributed by atoms with E-state index in [2.05, 4.69) is 5.32 Å². The Morgan fingerprint density at radius 2 is 1.85 bits per heavy atom. The summed E-state index contributed by atoms with van der Waals surface area (Å²) in [6.07, 6.45) is -2.77. The zero-order chi connectivity index (χ0) is 18.7. The van der Waals surface area contributed by atoms with Crippen LogP contribution in [0.4, 0.5) is 13.2 Å². The number of rotatable bonds is 5. The van der Waals surface area contributed by atoms with E-state index < -0.39 is 23.1 Å². The summed E-state index contributed by atoms with van der Waals surface area (Å²) < 4.78 is 49.6. The number of nitrogens with one attached hydrogen (secondary N) is 1. The summed E-state index contributed by atoms with van der Waals surface area (Å²) in [6.45, 7) is 4.85. The number of carbonyl (C=O) groups is 1. The third-order valence-corrected chi connectivity index (χ3v) is 4.45. The Bertz CT molecular complexity index is 614. The van der Waals surface area contributed by atoms with Crippen molar-refractivity contribution in [2.75, 3.05) is 26.8 Å². The lowest BCUT2D eigenvalue weighted by Crippen LogP contribution is -2.32. The molecule has 2 rings (SSSR count). The minimum absolute atomic E-state index is 0. The molecule has 1 aromatic carbocycles. The quantitative estimate of drug-likeness (QED) is 0.760. The number of ether oxygens (including phenoxy) is 2. The van der Waals surface area contributed by atoms with Crippen molar-refractivity contribution < 1.29 is 27.4 Å². The van der Waals surface area contributed by atoms with Crippen LogP contribution in [-0.2, 0) is 15.7 Å². The maximum Gasteiger partial charge on any atom is 0.416 e. The lowest BCUT2D eigenvalue weighted by molar-refractivity contribution is -0.152. The van der Waals surface area contributed by atoms with Crippen LogP contribution in [0.3, 0.4) is 0 Å². The van der Waals surface area contributed by atoms with E-state index in [1.165, 1.54) is 13.2 Å². The third kappa shape index (κ3) is 5.51. The third-order valence-electron chi connectivity index (χ3n) is 4.45. The smallest absolute Gasteiger partial charge is 0.416 e. The number of benzene rings is 1. The average Bonchev–Trinajstić information content (AvgIpc) is 2.59. The molecule has 1 aliphatic rings. The minimum atomic E-state index is -4.44. The molecule has 0 amide bonds. The van der Waals surface area contributed by atoms with Gasteiger partial charge in [-0.15, -0.1) is 12.4 Å². The molecule has 1 aliphatic heterocycles. The predicted molar refractivity (Wildman–Crippen MR) is 94.8 cm³/mol. The second-order valence-corrected chi connectivity index (χ2v) is 6.94. The van der Waals surface area contributed by atoms with Gasteiger partial charge in [-0.2, -0.15) is 13.2 Å². The van der Waals surface area contributed by atoms with E-state index in [0.29, 0.717) is 0 Å². The fourth-order valence-electron chi connectivity index (χ4n) is 2.90. The van der Waals surface area contributed by atoms with Gasteiger partial charge in [0.25, 0.3) is 0 Å². The molecule has 8 heteroatoms. The van der Waals surface area contributed by atoms with E-state index in [0.717, 1.165) is 43.6 Å². The molecule has 0 saturated carbocycles. The lowest BCUT2D eigenvalue weighted by Gasteiger charge is -2.27. The predicted octanol–water partition coefficient (Wildman–Crippen LogP) is 4.17. The van der Waals surface area contributed by atoms with Crippen LogP contribution in [0.5, 0.6) is 5.75 Å². The molecule has 1 saturated heterocycles. The van der Waals surface area contributed by atoms with E-state index in [1.807, 2.05) is 0 Å². The Kier molecular flexibility index (Phi) is 7.77. The lowest BCUT2D eigenvalue weighted by atomic mass is 9.88. The number of hydrogen-bond donors (Lipinski definition) is 1. The van der Waals surface area contributed by atoms with Gasteiger partial charge in [0.05, 0.1) is 18.1 Å². The molecule has 1 fully saturated rings. The summed E-state index contributed by atoms with van der Waals surface area (Å²) in [5.41, 5.74) is -0.944. The van der Waals surface area contributed by atoms with Gasteiger partial charge in [0.15, 0.2) is 0 Å². The molecule has 1 aromatic rings. The van der Waals surface area contributed by atoms with E-state index in [9.17, 15) is 18.0 Å². The molecule has 0 atom stereocenters. The Hall–Kier alpha value is -1.47. The topological polar surface area (TPSA) is 47.6 Å². The van der Waals surface area contributed by atoms with Crippen molar-refractivity contribution in [3.05, 3.63) is 29.3 Å². The van der Waals surface area contributed by atoms with E-state index in [1.54, 1.807) is 13.8 Å². The Morgan fingerprint density at radius 1 is 1.23 bits per heavy atom. The summed E-state index contributed by atoms with van der Waals surface area (Å²) in [6, 6.07) is 3.62. The molecule has 0 aromatic heterocycles. The highest BCUT2D eigenvalue weighted by molar-refractivity contribution is 5.85. The molecule has 0 radical (unpaired) electrons. The molecule has 0 bridgehead atoms. The monoisotopic (exact) mass is 395 g/mol. The number of carbonyl (C=O) groups excluding carboxylic acids is 1. The molecule has 1 N–H and O–H groups in total. The van der Waals surface area contributed by atoms with E-state index in [-0.39, 0.29) is 30.7 Å². The van der Waals surface area contributed by atoms with Crippen molar-refractivity contribution >= 4 is 18.4 Å². The number of esters is 1. The second kappa shape index (κ2) is 8.95. The fourth-order valence-corrected chi connectivity index (χ4v) is 2.90. The van der Waals surface area contributed by atoms with Gasteiger partial charge in [0, 0.05) is 0 Å². The minimum Gasteiger partial charge on any atom is -0.492 e. The van der Waals surface area contributed by atoms with E-state index >= 15 is 0 Å². The summed E-state index contributed by atoms with van der Waals surface area (Å²) in [7, 11) is 1.27. The maximum absolute atomic E-state index is 13.1. The van der Waals surface area contributed by atoms with Crippen LogP contribution in [0.2, 0.25) is 0 Å². The van der Waals surface area contributed by atoms with Gasteiger partial charge in [0.2, 0.25) is 0 Å². The summed E-state index contributed by atoms with van der Waals surface area (Å²) >= 11 is 0. The highest BCUT2D eigenvalue weighted by atomic mass is 35.5. The van der Waals surface area contributed by atoms with Crippen LogP contribution in [0.1, 0.15) is 43.7 Å². The van der Waals surface area contributed by atoms with Crippen LogP contribution in [0.15, 0.2) is 18.2 Å². The van der Waals surface area contributed by atoms with Crippen molar-refractivity contribution in [2.24, 2.45) is 5.41 Å². The summed E-state index contributed by atoms with van der Waals surface area (Å²) in [5.74, 6) is -0.138. The van der Waals surface area contributed by atoms with Gasteiger partial charge in [-0.3, -0.25) is 4.79 Å². The van der Waals surface area contributed by atoms with Crippen molar-refractivity contribution in [1.82, 2.24) is 5.32 Å². The Balaban J connectivity index is 0.00000338. The van der Waals surface area contributed by atoms with Crippen LogP contribution in [0, 0.1) is 5.41 Å². The van der Waals surface area contributed by atoms with Gasteiger partial charge in [-0.25, -0.2) is 0 Å². The SMILES string of the molecule is COC(=O)C(C)(C)COc1cc(C(F)(F)F)ccc1C1CCNCC1.Cl. The van der Waals surface area contributed by atoms with E-state index in [4.69, 9.17) is 9.47 Å². The number of alkyl halides is 3. The van der Waals surface area contributed by atoms with Crippen LogP contribution in [-0.4, -0.2) is 32.8 Å². The number of hydrogen-bond acceptors (Lipinski definition) is 4. The highest BCUT2D eigenvalue weighted by Gasteiger charge is 2.34. The Labute approximate surface area is 157 Å². The van der Waals surface area contributed by atoms with Crippen molar-refractivity contribution in [3.8, 4) is 5.75 Å². The number of halogens is 4. The summed E-state index contributed by atoms with van der Waals surface area (Å²) in [4.78, 5) is 11.8. The van der Waals surface area contributed by atoms with Crippen molar-refractivity contribution in [2.45, 2.75) is 38.8 Å². The van der Waals surface area contributed by atoms with Gasteiger partial charge < -0.3 is 14.8 Å². The largest absolute Gasteiger partial charge is 0.492 e. The van der Waals surface area contributed by atoms with Crippen LogP contribution >= 0.6 is 12.4 Å². The molecule has 0 aliphatic carbocycles. The molecule has 0 spiro atoms. The standard InChI is InChI=1S/C18H24F3NO3.ClH/c1-17(2,16(23)24-3)11-25-15-10-13(18(19,20)21)4-5-14(15)12-6-8-22-9-7-12;/h4-5,10,12,22H,6-9,11H2,1-3H3;1H. The molecular weight excluding hydrogens is 371 g/mol. The van der Waals surface area contributed by atoms with Gasteiger partial charge in [-0.05, 0) is 63.4 Å². The zero-order valence-electron chi connectivity index (χ0n) is 15.1. The van der Waals surface area contributed by atoms with Gasteiger partial charge in [-0.1, -0.05) is 6.07 Å². The highest BCUT2D eigenvalue weighted by Crippen LogP contribution is 2.38. The number of piperidine rings is 1. The zero-order valence-corrected chi connectivity index (χ0v) is 15.9. The molecular formula is C18H25ClF3NO3.